The fraction of sp³-hybridized carbons (Fsp3) is 1.00. The summed E-state index contributed by atoms with van der Waals surface area (Å²) in [7, 11) is -13.3. The maximum atomic E-state index is 13.2. The molecule has 0 amide bonds. The van der Waals surface area contributed by atoms with Gasteiger partial charge >= 0.3 is 23.5 Å². The number of phosphoric ester groups is 3. The van der Waals surface area contributed by atoms with Gasteiger partial charge in [0.05, 0.1) is 58.0 Å². The van der Waals surface area contributed by atoms with E-state index in [4.69, 9.17) is 51.0 Å². The minimum Gasteiger partial charge on any atom is -0.393 e. The quantitative estimate of drug-likeness (QED) is 0.178. The van der Waals surface area contributed by atoms with E-state index in [1.807, 2.05) is 0 Å². The molecule has 6 bridgehead atoms. The molecule has 6 aliphatic rings. The molecule has 6 rings (SSSR count). The topological polar surface area (TPSA) is 243 Å². The second-order valence-electron chi connectivity index (χ2n) is 11.9. The van der Waals surface area contributed by atoms with Crippen molar-refractivity contribution < 1.29 is 89.0 Å². The van der Waals surface area contributed by atoms with Crippen molar-refractivity contribution in [3.05, 3.63) is 0 Å². The third kappa shape index (κ3) is 6.43. The van der Waals surface area contributed by atoms with Gasteiger partial charge in [0.2, 0.25) is 0 Å². The highest BCUT2D eigenvalue weighted by atomic mass is 31.2. The average molecular weight is 714 g/mol. The molecule has 6 unspecified atom stereocenters. The van der Waals surface area contributed by atoms with E-state index in [2.05, 4.69) is 4.52 Å². The van der Waals surface area contributed by atoms with Gasteiger partial charge in [0.1, 0.15) is 53.4 Å². The summed E-state index contributed by atoms with van der Waals surface area (Å²) in [5, 5.41) is 9.86. The number of hydrogen-bond acceptors (Lipinski definition) is 16. The first-order valence-corrected chi connectivity index (χ1v) is 18.4. The molecule has 45 heavy (non-hydrogen) atoms. The van der Waals surface area contributed by atoms with E-state index >= 15 is 0 Å². The Kier molecular flexibility index (Phi) is 10.0. The first-order valence-electron chi connectivity index (χ1n) is 13.9. The van der Waals surface area contributed by atoms with Crippen molar-refractivity contribution in [3.8, 4) is 0 Å². The molecule has 22 heteroatoms. The minimum atomic E-state index is -4.95. The Hall–Kier alpha value is 0.0500. The molecule has 6 aliphatic heterocycles. The van der Waals surface area contributed by atoms with Crippen LogP contribution in [0, 0.1) is 0 Å². The third-order valence-corrected chi connectivity index (χ3v) is 11.7. The van der Waals surface area contributed by atoms with Crippen LogP contribution in [-0.4, -0.2) is 138 Å². The predicted molar refractivity (Wildman–Crippen MR) is 146 cm³/mol. The normalized spacial score (nSPS) is 48.7. The smallest absolute Gasteiger partial charge is 0.393 e. The Bertz CT molecular complexity index is 1260. The molecule has 15 atom stereocenters. The Labute approximate surface area is 259 Å². The van der Waals surface area contributed by atoms with E-state index in [0.29, 0.717) is 0 Å². The molecule has 0 aromatic rings. The van der Waals surface area contributed by atoms with Crippen molar-refractivity contribution in [3.63, 3.8) is 0 Å². The van der Waals surface area contributed by atoms with E-state index in [1.54, 1.807) is 20.8 Å². The van der Waals surface area contributed by atoms with Gasteiger partial charge < -0.3 is 48.2 Å². The van der Waals surface area contributed by atoms with E-state index < -0.39 is 115 Å². The predicted octanol–water partition coefficient (Wildman–Crippen LogP) is 0.420. The van der Waals surface area contributed by atoms with Crippen molar-refractivity contribution in [1.29, 1.82) is 0 Å². The zero-order chi connectivity index (χ0) is 31.9. The molecule has 0 aromatic heterocycles. The van der Waals surface area contributed by atoms with Gasteiger partial charge in [-0.3, -0.25) is 27.1 Å². The molecule has 19 nitrogen and oxygen atoms in total. The van der Waals surface area contributed by atoms with E-state index in [0.717, 1.165) is 7.11 Å². The van der Waals surface area contributed by atoms with Gasteiger partial charge in [0.25, 0.3) is 0 Å². The zero-order valence-corrected chi connectivity index (χ0v) is 26.9. The summed E-state index contributed by atoms with van der Waals surface area (Å²) in [6.07, 6.45) is -7.69. The average Bonchev–Trinajstić information content (AvgIpc) is 3.74. The highest BCUT2D eigenvalue weighted by Gasteiger charge is 2.67. The number of aliphatic hydroxyl groups excluding tert-OH is 1. The zero-order valence-electron chi connectivity index (χ0n) is 24.2. The molecule has 0 saturated carbocycles. The standard InChI is InChI=1S/C22H37O19P3.CH4/c1-11-14-17(20(5-23,36-11)6-31-14)40-43(26,27)34-10-22-8-33-16(13(3)38-22)19(22)41-44(28,29)35-9-21-7-32-15(12(2)37-21)18(21)39-42(24,25)30-4;/h11-19,23H,5-10H2,1-4H3,(H,24,25)(H,26,27)(H,28,29);1H4/t11-,12-,13-,14?,15?,16?,17+,18+,19+,20-,21+,22+;/m0./s1. The summed E-state index contributed by atoms with van der Waals surface area (Å²) in [4.78, 5) is 31.2. The molecule has 0 radical (unpaired) electrons. The Morgan fingerprint density at radius 1 is 0.644 bits per heavy atom. The second-order valence-corrected chi connectivity index (χ2v) is 16.2. The SMILES string of the molecule is C.COP(=O)(O)O[C@@H]1C2OC[C@]1(COP(=O)(O)O[C@@H]1C3OC[C@]1(COP(=O)(O)O[C@@H]1C4OC[C@]1(CO)O[C@H]4C)O[C@H]3C)O[C@H]2C. The molecule has 0 spiro atoms. The summed E-state index contributed by atoms with van der Waals surface area (Å²) in [6, 6.07) is 0. The van der Waals surface area contributed by atoms with Crippen LogP contribution in [0.5, 0.6) is 0 Å². The number of phosphoric acid groups is 3. The van der Waals surface area contributed by atoms with Gasteiger partial charge in [-0.25, -0.2) is 13.7 Å². The lowest BCUT2D eigenvalue weighted by Crippen LogP contribution is -2.47. The van der Waals surface area contributed by atoms with Gasteiger partial charge in [0.15, 0.2) is 0 Å². The fourth-order valence-corrected chi connectivity index (χ4v) is 9.52. The molecule has 6 fully saturated rings. The monoisotopic (exact) mass is 714 g/mol. The van der Waals surface area contributed by atoms with Gasteiger partial charge in [-0.1, -0.05) is 7.43 Å². The number of ether oxygens (including phenoxy) is 6. The molecule has 0 aromatic carbocycles. The van der Waals surface area contributed by atoms with E-state index in [-0.39, 0.29) is 27.2 Å². The Morgan fingerprint density at radius 3 is 1.33 bits per heavy atom. The number of hydrogen-bond donors (Lipinski definition) is 4. The summed E-state index contributed by atoms with van der Waals surface area (Å²) in [6.45, 7) is 2.69. The number of aliphatic hydroxyl groups is 1. The largest absolute Gasteiger partial charge is 0.472 e. The molecule has 262 valence electrons. The molecule has 6 saturated heterocycles. The fourth-order valence-electron chi connectivity index (χ4n) is 6.75. The lowest BCUT2D eigenvalue weighted by atomic mass is 10.0. The molecule has 4 N–H and O–H groups in total. The van der Waals surface area contributed by atoms with Crippen LogP contribution in [0.4, 0.5) is 0 Å². The van der Waals surface area contributed by atoms with Crippen LogP contribution in [-0.2, 0) is 69.3 Å². The Balaban J connectivity index is 0.00000400. The maximum absolute atomic E-state index is 13.2. The van der Waals surface area contributed by atoms with Crippen LogP contribution in [0.15, 0.2) is 0 Å². The number of rotatable bonds is 14. The maximum Gasteiger partial charge on any atom is 0.472 e. The minimum absolute atomic E-state index is 0. The Morgan fingerprint density at radius 2 is 0.978 bits per heavy atom. The van der Waals surface area contributed by atoms with Crippen LogP contribution < -0.4 is 0 Å². The van der Waals surface area contributed by atoms with Crippen molar-refractivity contribution in [2.24, 2.45) is 0 Å². The first-order chi connectivity index (χ1) is 20.5. The summed E-state index contributed by atoms with van der Waals surface area (Å²) in [5.74, 6) is 0. The molecular weight excluding hydrogens is 673 g/mol. The van der Waals surface area contributed by atoms with Crippen molar-refractivity contribution in [1.82, 2.24) is 0 Å². The van der Waals surface area contributed by atoms with Crippen molar-refractivity contribution in [2.45, 2.75) is 99.9 Å². The summed E-state index contributed by atoms with van der Waals surface area (Å²) >= 11 is 0. The van der Waals surface area contributed by atoms with Crippen molar-refractivity contribution >= 4 is 23.5 Å². The lowest BCUT2D eigenvalue weighted by Gasteiger charge is -2.33. The number of fused-ring (bicyclic) bond motifs is 6. The van der Waals surface area contributed by atoms with Crippen LogP contribution in [0.2, 0.25) is 0 Å². The third-order valence-electron chi connectivity index (χ3n) is 8.84. The second kappa shape index (κ2) is 12.4. The van der Waals surface area contributed by atoms with E-state index in [9.17, 15) is 33.5 Å². The van der Waals surface area contributed by atoms with Gasteiger partial charge in [0, 0.05) is 7.11 Å². The lowest BCUT2D eigenvalue weighted by molar-refractivity contribution is -0.159. The highest BCUT2D eigenvalue weighted by molar-refractivity contribution is 7.48. The first kappa shape index (κ1) is 36.3. The molecular formula is C23H41O19P3. The van der Waals surface area contributed by atoms with Gasteiger partial charge in [-0.05, 0) is 20.8 Å². The van der Waals surface area contributed by atoms with Crippen LogP contribution in [0.3, 0.4) is 0 Å². The van der Waals surface area contributed by atoms with Gasteiger partial charge in [-0.15, -0.1) is 0 Å². The van der Waals surface area contributed by atoms with Crippen LogP contribution >= 0.6 is 23.5 Å². The van der Waals surface area contributed by atoms with Crippen molar-refractivity contribution in [2.75, 3.05) is 46.8 Å². The van der Waals surface area contributed by atoms with E-state index in [1.165, 1.54) is 0 Å². The molecule has 6 heterocycles. The highest BCUT2D eigenvalue weighted by Crippen LogP contribution is 2.58. The molecule has 0 aliphatic carbocycles. The van der Waals surface area contributed by atoms with Crippen LogP contribution in [0.1, 0.15) is 28.2 Å². The van der Waals surface area contributed by atoms with Gasteiger partial charge in [-0.2, -0.15) is 0 Å². The van der Waals surface area contributed by atoms with Crippen LogP contribution in [0.25, 0.3) is 0 Å². The summed E-state index contributed by atoms with van der Waals surface area (Å²) < 4.78 is 104. The summed E-state index contributed by atoms with van der Waals surface area (Å²) in [5.41, 5.74) is -4.47.